The van der Waals surface area contributed by atoms with Crippen LogP contribution in [0.3, 0.4) is 0 Å². The molecule has 2 atom stereocenters. The van der Waals surface area contributed by atoms with Gasteiger partial charge in [-0.2, -0.15) is 0 Å². The van der Waals surface area contributed by atoms with Crippen LogP contribution in [-0.2, 0) is 20.9 Å². The molecule has 208 valence electrons. The molecule has 2 saturated heterocycles. The summed E-state index contributed by atoms with van der Waals surface area (Å²) in [4.78, 5) is 29.6. The molecule has 2 amide bonds. The summed E-state index contributed by atoms with van der Waals surface area (Å²) < 4.78 is 19.6. The second-order valence-corrected chi connectivity index (χ2v) is 12.1. The standard InChI is InChI=1S/C30H48FN3O3/c1-22(2)17-26-21-37-16-7-5-6-11-30(29(36)33-27(18-23(3)4)28(35)32-26)12-14-34(15-13-30)20-24-9-8-10-25(31)19-24/h8-10,19,22-23,26-27H,5-7,11-18,20-21H2,1-4H3,(H,32,35)(H,33,36)/t26-,27-/m0/s1. The van der Waals surface area contributed by atoms with Gasteiger partial charge in [-0.1, -0.05) is 52.7 Å². The van der Waals surface area contributed by atoms with Gasteiger partial charge >= 0.3 is 0 Å². The Balaban J connectivity index is 1.73. The second kappa shape index (κ2) is 14.2. The van der Waals surface area contributed by atoms with E-state index in [1.807, 2.05) is 6.07 Å². The lowest BCUT2D eigenvalue weighted by Crippen LogP contribution is -2.56. The Morgan fingerprint density at radius 2 is 1.73 bits per heavy atom. The Morgan fingerprint density at radius 1 is 1.00 bits per heavy atom. The minimum absolute atomic E-state index is 0.0208. The highest BCUT2D eigenvalue weighted by Crippen LogP contribution is 2.38. The molecule has 1 spiro atoms. The molecule has 2 N–H and O–H groups in total. The summed E-state index contributed by atoms with van der Waals surface area (Å²) in [6.45, 7) is 11.9. The molecule has 2 heterocycles. The molecule has 0 aromatic heterocycles. The smallest absolute Gasteiger partial charge is 0.242 e. The van der Waals surface area contributed by atoms with Crippen LogP contribution in [0, 0.1) is 23.1 Å². The van der Waals surface area contributed by atoms with E-state index < -0.39 is 11.5 Å². The molecule has 3 rings (SSSR count). The van der Waals surface area contributed by atoms with Crippen LogP contribution in [0.25, 0.3) is 0 Å². The number of nitrogens with one attached hydrogen (secondary N) is 2. The van der Waals surface area contributed by atoms with Crippen LogP contribution in [0.4, 0.5) is 4.39 Å². The maximum Gasteiger partial charge on any atom is 0.242 e. The van der Waals surface area contributed by atoms with E-state index in [1.165, 1.54) is 6.07 Å². The van der Waals surface area contributed by atoms with Gasteiger partial charge in [0.25, 0.3) is 0 Å². The van der Waals surface area contributed by atoms with Crippen molar-refractivity contribution in [2.75, 3.05) is 26.3 Å². The molecule has 0 radical (unpaired) electrons. The zero-order valence-electron chi connectivity index (χ0n) is 23.4. The lowest BCUT2D eigenvalue weighted by atomic mass is 9.73. The van der Waals surface area contributed by atoms with Gasteiger partial charge in [-0.05, 0) is 81.1 Å². The van der Waals surface area contributed by atoms with E-state index in [0.717, 1.165) is 63.6 Å². The Hall–Kier alpha value is -1.99. The number of nitrogens with zero attached hydrogens (tertiary/aromatic N) is 1. The summed E-state index contributed by atoms with van der Waals surface area (Å²) in [5.74, 6) is 0.413. The van der Waals surface area contributed by atoms with Gasteiger partial charge in [0.15, 0.2) is 0 Å². The van der Waals surface area contributed by atoms with Crippen molar-refractivity contribution in [3.8, 4) is 0 Å². The number of hydrogen-bond donors (Lipinski definition) is 2. The van der Waals surface area contributed by atoms with Gasteiger partial charge in [-0.15, -0.1) is 0 Å². The molecule has 0 aliphatic carbocycles. The highest BCUT2D eigenvalue weighted by Gasteiger charge is 2.42. The van der Waals surface area contributed by atoms with Crippen molar-refractivity contribution in [3.63, 3.8) is 0 Å². The molecule has 0 unspecified atom stereocenters. The van der Waals surface area contributed by atoms with Crippen molar-refractivity contribution < 1.29 is 18.7 Å². The molecule has 6 nitrogen and oxygen atoms in total. The fourth-order valence-electron chi connectivity index (χ4n) is 5.75. The second-order valence-electron chi connectivity index (χ2n) is 12.1. The number of likely N-dealkylation sites (tertiary alicyclic amines) is 1. The van der Waals surface area contributed by atoms with Gasteiger partial charge in [-0.25, -0.2) is 4.39 Å². The van der Waals surface area contributed by atoms with Gasteiger partial charge in [0.05, 0.1) is 18.1 Å². The van der Waals surface area contributed by atoms with E-state index in [0.29, 0.717) is 32.1 Å². The number of amides is 2. The summed E-state index contributed by atoms with van der Waals surface area (Å²) in [5.41, 5.74) is 0.479. The molecule has 7 heteroatoms. The molecule has 1 aromatic rings. The van der Waals surface area contributed by atoms with Crippen LogP contribution in [0.2, 0.25) is 0 Å². The van der Waals surface area contributed by atoms with Crippen molar-refractivity contribution in [1.29, 1.82) is 0 Å². The van der Waals surface area contributed by atoms with Gasteiger partial charge < -0.3 is 15.4 Å². The maximum atomic E-state index is 13.9. The molecule has 0 bridgehead atoms. The van der Waals surface area contributed by atoms with Crippen LogP contribution < -0.4 is 10.6 Å². The first kappa shape index (κ1) is 29.6. The third-order valence-electron chi connectivity index (χ3n) is 7.78. The summed E-state index contributed by atoms with van der Waals surface area (Å²) in [7, 11) is 0. The van der Waals surface area contributed by atoms with Crippen molar-refractivity contribution in [2.24, 2.45) is 17.3 Å². The zero-order valence-corrected chi connectivity index (χ0v) is 23.4. The number of ether oxygens (including phenoxy) is 1. The predicted octanol–water partition coefficient (Wildman–Crippen LogP) is 5.06. The van der Waals surface area contributed by atoms with E-state index in [4.69, 9.17) is 4.74 Å². The van der Waals surface area contributed by atoms with Gasteiger partial charge in [-0.3, -0.25) is 14.5 Å². The molecule has 37 heavy (non-hydrogen) atoms. The maximum absolute atomic E-state index is 13.9. The fourth-order valence-corrected chi connectivity index (χ4v) is 5.75. The van der Waals surface area contributed by atoms with Gasteiger partial charge in [0.2, 0.25) is 11.8 Å². The van der Waals surface area contributed by atoms with Crippen molar-refractivity contribution in [3.05, 3.63) is 35.6 Å². The number of halogens is 1. The molecule has 1 aromatic carbocycles. The number of piperidine rings is 1. The SMILES string of the molecule is CC(C)C[C@H]1COCCCCCC2(CCN(Cc3cccc(F)c3)CC2)C(=O)N[C@@H](CC(C)C)C(=O)N1. The fraction of sp³-hybridized carbons (Fsp3) is 0.733. The van der Waals surface area contributed by atoms with Gasteiger partial charge in [0.1, 0.15) is 11.9 Å². The van der Waals surface area contributed by atoms with E-state index in [9.17, 15) is 14.0 Å². The van der Waals surface area contributed by atoms with Crippen LogP contribution in [-0.4, -0.2) is 55.1 Å². The lowest BCUT2D eigenvalue weighted by Gasteiger charge is -2.42. The molecule has 2 fully saturated rings. The van der Waals surface area contributed by atoms with E-state index >= 15 is 0 Å². The summed E-state index contributed by atoms with van der Waals surface area (Å²) in [6.07, 6.45) is 6.72. The zero-order chi connectivity index (χ0) is 26.8. The van der Waals surface area contributed by atoms with Crippen LogP contribution >= 0.6 is 0 Å². The molecular formula is C30H48FN3O3. The third-order valence-corrected chi connectivity index (χ3v) is 7.78. The van der Waals surface area contributed by atoms with Crippen LogP contribution in [0.1, 0.15) is 84.6 Å². The monoisotopic (exact) mass is 517 g/mol. The van der Waals surface area contributed by atoms with Gasteiger partial charge in [0, 0.05) is 13.2 Å². The average Bonchev–Trinajstić information content (AvgIpc) is 2.83. The Bertz CT molecular complexity index is 867. The number of hydrogen-bond acceptors (Lipinski definition) is 4. The van der Waals surface area contributed by atoms with Crippen molar-refractivity contribution >= 4 is 11.8 Å². The first-order valence-electron chi connectivity index (χ1n) is 14.3. The number of rotatable bonds is 6. The molecule has 2 aliphatic heterocycles. The van der Waals surface area contributed by atoms with Crippen molar-refractivity contribution in [1.82, 2.24) is 15.5 Å². The average molecular weight is 518 g/mol. The molecule has 0 saturated carbocycles. The number of carbonyl (C=O) groups is 2. The minimum Gasteiger partial charge on any atom is -0.379 e. The molecule has 2 aliphatic rings. The first-order chi connectivity index (χ1) is 17.7. The topological polar surface area (TPSA) is 70.7 Å². The van der Waals surface area contributed by atoms with E-state index in [1.54, 1.807) is 12.1 Å². The van der Waals surface area contributed by atoms with Crippen LogP contribution in [0.5, 0.6) is 0 Å². The Labute approximate surface area is 223 Å². The lowest BCUT2D eigenvalue weighted by molar-refractivity contribution is -0.139. The highest BCUT2D eigenvalue weighted by atomic mass is 19.1. The Kier molecular flexibility index (Phi) is 11.4. The Morgan fingerprint density at radius 3 is 2.41 bits per heavy atom. The highest BCUT2D eigenvalue weighted by molar-refractivity contribution is 5.90. The summed E-state index contributed by atoms with van der Waals surface area (Å²) in [5, 5.41) is 6.39. The summed E-state index contributed by atoms with van der Waals surface area (Å²) >= 11 is 0. The van der Waals surface area contributed by atoms with E-state index in [2.05, 4.69) is 43.2 Å². The molecular weight excluding hydrogens is 469 g/mol. The first-order valence-corrected chi connectivity index (χ1v) is 14.3. The normalized spacial score (nSPS) is 24.6. The quantitative estimate of drug-likeness (QED) is 0.553. The minimum atomic E-state index is -0.549. The van der Waals surface area contributed by atoms with Crippen LogP contribution in [0.15, 0.2) is 24.3 Å². The third kappa shape index (κ3) is 9.36. The van der Waals surface area contributed by atoms with Crippen molar-refractivity contribution in [2.45, 2.75) is 97.7 Å². The number of benzene rings is 1. The van der Waals surface area contributed by atoms with E-state index in [-0.39, 0.29) is 29.6 Å². The summed E-state index contributed by atoms with van der Waals surface area (Å²) in [6, 6.07) is 6.15. The largest absolute Gasteiger partial charge is 0.379 e. The number of carbonyl (C=O) groups excluding carboxylic acids is 2. The predicted molar refractivity (Wildman–Crippen MR) is 145 cm³/mol.